The molecule has 1 aliphatic heterocycles. The fourth-order valence-corrected chi connectivity index (χ4v) is 2.42. The summed E-state index contributed by atoms with van der Waals surface area (Å²) in [7, 11) is 0. The zero-order valence-electron chi connectivity index (χ0n) is 11.0. The Bertz CT molecular complexity index is 535. The molecule has 6 nitrogen and oxygen atoms in total. The van der Waals surface area contributed by atoms with Crippen molar-refractivity contribution in [2.75, 3.05) is 18.1 Å². The minimum absolute atomic E-state index is 0.256. The summed E-state index contributed by atoms with van der Waals surface area (Å²) in [5.74, 6) is -1.07. The van der Waals surface area contributed by atoms with E-state index < -0.39 is 22.8 Å². The molecule has 0 radical (unpaired) electrons. The molecule has 0 saturated carbocycles. The monoisotopic (exact) mass is 282 g/mol. The maximum Gasteiger partial charge on any atom is 0.328 e. The minimum atomic E-state index is -0.674. The van der Waals surface area contributed by atoms with Crippen LogP contribution in [0.2, 0.25) is 0 Å². The van der Waals surface area contributed by atoms with Gasteiger partial charge in [0.15, 0.2) is 0 Å². The Morgan fingerprint density at radius 2 is 2.35 bits per heavy atom. The van der Waals surface area contributed by atoms with E-state index in [9.17, 15) is 19.3 Å². The van der Waals surface area contributed by atoms with Crippen LogP contribution in [-0.4, -0.2) is 30.1 Å². The van der Waals surface area contributed by atoms with Crippen molar-refractivity contribution in [3.8, 4) is 0 Å². The molecule has 0 spiro atoms. The third-order valence-electron chi connectivity index (χ3n) is 3.26. The predicted molar refractivity (Wildman–Crippen MR) is 70.1 cm³/mol. The summed E-state index contributed by atoms with van der Waals surface area (Å²) in [6, 6.07) is 2.82. The second-order valence-electron chi connectivity index (χ2n) is 4.49. The number of nitro benzene ring substituents is 1. The minimum Gasteiger partial charge on any atom is -0.464 e. The molecule has 0 aliphatic carbocycles. The van der Waals surface area contributed by atoms with Crippen molar-refractivity contribution >= 4 is 17.3 Å². The van der Waals surface area contributed by atoms with Gasteiger partial charge in [-0.2, -0.15) is 0 Å². The van der Waals surface area contributed by atoms with Crippen LogP contribution >= 0.6 is 0 Å². The van der Waals surface area contributed by atoms with Crippen molar-refractivity contribution in [3.05, 3.63) is 34.1 Å². The molecule has 2 rings (SSSR count). The van der Waals surface area contributed by atoms with E-state index in [1.807, 2.05) is 0 Å². The highest BCUT2D eigenvalue weighted by Gasteiger charge is 2.35. The first kappa shape index (κ1) is 14.2. The lowest BCUT2D eigenvalue weighted by atomic mass is 10.2. The lowest BCUT2D eigenvalue weighted by molar-refractivity contribution is -0.384. The van der Waals surface area contributed by atoms with E-state index in [1.54, 1.807) is 11.8 Å². The number of hydrogen-bond acceptors (Lipinski definition) is 5. The van der Waals surface area contributed by atoms with Crippen molar-refractivity contribution < 1.29 is 18.8 Å². The van der Waals surface area contributed by atoms with Crippen molar-refractivity contribution in [2.24, 2.45) is 0 Å². The van der Waals surface area contributed by atoms with Gasteiger partial charge < -0.3 is 9.64 Å². The number of nitrogens with zero attached hydrogens (tertiary/aromatic N) is 2. The van der Waals surface area contributed by atoms with Crippen molar-refractivity contribution in [1.29, 1.82) is 0 Å². The van der Waals surface area contributed by atoms with E-state index in [0.717, 1.165) is 18.6 Å². The van der Waals surface area contributed by atoms with Gasteiger partial charge >= 0.3 is 5.97 Å². The van der Waals surface area contributed by atoms with Crippen LogP contribution in [0.3, 0.4) is 0 Å². The number of halogens is 1. The number of ether oxygens (including phenoxy) is 1. The summed E-state index contributed by atoms with van der Waals surface area (Å²) in [4.78, 5) is 23.9. The number of carbonyl (C=O) groups excluding carboxylic acids is 1. The van der Waals surface area contributed by atoms with Crippen molar-refractivity contribution in [1.82, 2.24) is 0 Å². The molecule has 1 aromatic rings. The SMILES string of the molecule is CCOC(=O)C1CCCN1c1ccc(F)cc1[N+](=O)[O-]. The lowest BCUT2D eigenvalue weighted by Crippen LogP contribution is -2.37. The average molecular weight is 282 g/mol. The molecule has 1 unspecified atom stereocenters. The first-order chi connectivity index (χ1) is 9.54. The molecular weight excluding hydrogens is 267 g/mol. The van der Waals surface area contributed by atoms with Crippen molar-refractivity contribution in [3.63, 3.8) is 0 Å². The number of rotatable bonds is 4. The molecule has 1 saturated heterocycles. The van der Waals surface area contributed by atoms with Crippen molar-refractivity contribution in [2.45, 2.75) is 25.8 Å². The second-order valence-corrected chi connectivity index (χ2v) is 4.49. The zero-order valence-corrected chi connectivity index (χ0v) is 11.0. The normalized spacial score (nSPS) is 18.1. The Labute approximate surface area is 115 Å². The Hall–Kier alpha value is -2.18. The second kappa shape index (κ2) is 5.85. The third kappa shape index (κ3) is 2.71. The van der Waals surface area contributed by atoms with E-state index in [1.165, 1.54) is 6.07 Å². The molecular formula is C13H15FN2O4. The molecule has 1 atom stereocenters. The number of benzene rings is 1. The van der Waals surface area contributed by atoms with E-state index >= 15 is 0 Å². The molecule has 108 valence electrons. The smallest absolute Gasteiger partial charge is 0.328 e. The number of carbonyl (C=O) groups is 1. The molecule has 1 aliphatic rings. The summed E-state index contributed by atoms with van der Waals surface area (Å²) in [5, 5.41) is 11.0. The molecule has 7 heteroatoms. The summed E-state index contributed by atoms with van der Waals surface area (Å²) in [6.07, 6.45) is 1.31. The molecule has 1 aromatic carbocycles. The van der Waals surface area contributed by atoms with Crippen LogP contribution < -0.4 is 4.90 Å². The van der Waals surface area contributed by atoms with Crippen LogP contribution in [0.5, 0.6) is 0 Å². The molecule has 0 amide bonds. The zero-order chi connectivity index (χ0) is 14.7. The van der Waals surface area contributed by atoms with Crippen LogP contribution in [0.4, 0.5) is 15.8 Å². The van der Waals surface area contributed by atoms with E-state index in [4.69, 9.17) is 4.74 Å². The van der Waals surface area contributed by atoms with Gasteiger partial charge in [0.25, 0.3) is 5.69 Å². The Kier molecular flexibility index (Phi) is 4.16. The summed E-state index contributed by atoms with van der Waals surface area (Å²) in [6.45, 7) is 2.47. The molecule has 0 bridgehead atoms. The maximum absolute atomic E-state index is 13.2. The number of nitro groups is 1. The number of esters is 1. The van der Waals surface area contributed by atoms with Gasteiger partial charge in [-0.3, -0.25) is 10.1 Å². The van der Waals surface area contributed by atoms with Gasteiger partial charge in [-0.15, -0.1) is 0 Å². The molecule has 1 heterocycles. The van der Waals surface area contributed by atoms with Crippen LogP contribution in [0.25, 0.3) is 0 Å². The van der Waals surface area contributed by atoms with Crippen LogP contribution in [-0.2, 0) is 9.53 Å². The van der Waals surface area contributed by atoms with Gasteiger partial charge in [0.1, 0.15) is 17.5 Å². The first-order valence-corrected chi connectivity index (χ1v) is 6.41. The van der Waals surface area contributed by atoms with E-state index in [0.29, 0.717) is 13.0 Å². The highest BCUT2D eigenvalue weighted by Crippen LogP contribution is 2.34. The van der Waals surface area contributed by atoms with Gasteiger partial charge in [0, 0.05) is 6.54 Å². The highest BCUT2D eigenvalue weighted by atomic mass is 19.1. The van der Waals surface area contributed by atoms with E-state index in [-0.39, 0.29) is 18.0 Å². The predicted octanol–water partition coefficient (Wildman–Crippen LogP) is 2.27. The topological polar surface area (TPSA) is 72.7 Å². The van der Waals surface area contributed by atoms with Gasteiger partial charge in [-0.1, -0.05) is 0 Å². The Morgan fingerprint density at radius 3 is 3.00 bits per heavy atom. The Morgan fingerprint density at radius 1 is 1.60 bits per heavy atom. The summed E-state index contributed by atoms with van der Waals surface area (Å²) >= 11 is 0. The standard InChI is InChI=1S/C13H15FN2O4/c1-2-20-13(17)11-4-3-7-15(11)10-6-5-9(14)8-12(10)16(18)19/h5-6,8,11H,2-4,7H2,1H3. The third-order valence-corrected chi connectivity index (χ3v) is 3.26. The lowest BCUT2D eigenvalue weighted by Gasteiger charge is -2.24. The van der Waals surface area contributed by atoms with Gasteiger partial charge in [-0.05, 0) is 31.9 Å². The molecule has 1 fully saturated rings. The van der Waals surface area contributed by atoms with Crippen LogP contribution in [0.15, 0.2) is 18.2 Å². The van der Waals surface area contributed by atoms with E-state index in [2.05, 4.69) is 0 Å². The van der Waals surface area contributed by atoms with Gasteiger partial charge in [0.05, 0.1) is 17.6 Å². The summed E-state index contributed by atoms with van der Waals surface area (Å²) < 4.78 is 18.1. The Balaban J connectivity index is 2.35. The first-order valence-electron chi connectivity index (χ1n) is 6.41. The summed E-state index contributed by atoms with van der Waals surface area (Å²) in [5.41, 5.74) is -0.0758. The quantitative estimate of drug-likeness (QED) is 0.481. The molecule has 20 heavy (non-hydrogen) atoms. The fourth-order valence-electron chi connectivity index (χ4n) is 2.42. The maximum atomic E-state index is 13.2. The molecule has 0 aromatic heterocycles. The molecule has 0 N–H and O–H groups in total. The van der Waals surface area contributed by atoms with Crippen LogP contribution in [0, 0.1) is 15.9 Å². The fraction of sp³-hybridized carbons (Fsp3) is 0.462. The largest absolute Gasteiger partial charge is 0.464 e. The number of anilines is 1. The van der Waals surface area contributed by atoms with Crippen LogP contribution in [0.1, 0.15) is 19.8 Å². The average Bonchev–Trinajstić information content (AvgIpc) is 2.88. The number of hydrogen-bond donors (Lipinski definition) is 0. The van der Waals surface area contributed by atoms with Gasteiger partial charge in [0.2, 0.25) is 0 Å². The highest BCUT2D eigenvalue weighted by molar-refractivity contribution is 5.82. The van der Waals surface area contributed by atoms with Gasteiger partial charge in [-0.25, -0.2) is 9.18 Å².